The molecule has 0 saturated carbocycles. The van der Waals surface area contributed by atoms with Gasteiger partial charge in [-0.2, -0.15) is 0 Å². The van der Waals surface area contributed by atoms with Gasteiger partial charge in [0.1, 0.15) is 11.6 Å². The highest BCUT2D eigenvalue weighted by molar-refractivity contribution is 7.22. The van der Waals surface area contributed by atoms with Crippen LogP contribution in [0.1, 0.15) is 17.5 Å². The Hall–Kier alpha value is -3.25. The van der Waals surface area contributed by atoms with Crippen LogP contribution in [0.4, 0.5) is 9.52 Å². The van der Waals surface area contributed by atoms with E-state index in [4.69, 9.17) is 9.72 Å². The summed E-state index contributed by atoms with van der Waals surface area (Å²) in [6, 6.07) is 21.8. The maximum Gasteiger partial charge on any atom is 0.229 e. The van der Waals surface area contributed by atoms with Crippen molar-refractivity contribution in [2.45, 2.75) is 19.4 Å². The van der Waals surface area contributed by atoms with E-state index in [0.717, 1.165) is 27.1 Å². The van der Waals surface area contributed by atoms with E-state index in [9.17, 15) is 9.18 Å². The normalized spacial score (nSPS) is 10.9. The van der Waals surface area contributed by atoms with Gasteiger partial charge >= 0.3 is 0 Å². The number of nitrogens with zero attached hydrogens (tertiary/aromatic N) is 2. The molecule has 0 bridgehead atoms. The number of methoxy groups -OCH3 is 1. The standard InChI is InChI=1S/C24H21FN2O2S/c1-29-20-12-13-21-22(15-20)30-24(26-21)27(16-18-5-3-2-4-6-18)23(28)14-9-17-7-10-19(25)11-8-17/h2-8,10-13,15H,9,14,16H2,1H3. The van der Waals surface area contributed by atoms with E-state index in [-0.39, 0.29) is 11.7 Å². The third-order valence-electron chi connectivity index (χ3n) is 4.84. The van der Waals surface area contributed by atoms with Gasteiger partial charge < -0.3 is 4.74 Å². The van der Waals surface area contributed by atoms with E-state index >= 15 is 0 Å². The second-order valence-corrected chi connectivity index (χ2v) is 7.93. The number of halogens is 1. The molecule has 0 aliphatic rings. The predicted molar refractivity (Wildman–Crippen MR) is 119 cm³/mol. The van der Waals surface area contributed by atoms with Gasteiger partial charge in [0.25, 0.3) is 0 Å². The molecule has 0 spiro atoms. The molecular weight excluding hydrogens is 399 g/mol. The van der Waals surface area contributed by atoms with E-state index in [2.05, 4.69) is 0 Å². The summed E-state index contributed by atoms with van der Waals surface area (Å²) in [7, 11) is 1.63. The summed E-state index contributed by atoms with van der Waals surface area (Å²) in [5.41, 5.74) is 2.79. The Balaban J connectivity index is 1.60. The number of hydrogen-bond donors (Lipinski definition) is 0. The maximum absolute atomic E-state index is 13.2. The second kappa shape index (κ2) is 9.05. The topological polar surface area (TPSA) is 42.4 Å². The van der Waals surface area contributed by atoms with Gasteiger partial charge in [-0.15, -0.1) is 0 Å². The minimum absolute atomic E-state index is 0.0193. The molecule has 0 unspecified atom stereocenters. The van der Waals surface area contributed by atoms with Gasteiger partial charge in [-0.05, 0) is 47.9 Å². The molecular formula is C24H21FN2O2S. The van der Waals surface area contributed by atoms with Crippen molar-refractivity contribution in [2.24, 2.45) is 0 Å². The first kappa shape index (κ1) is 20.0. The van der Waals surface area contributed by atoms with Crippen LogP contribution in [0.15, 0.2) is 72.8 Å². The lowest BCUT2D eigenvalue weighted by Gasteiger charge is -2.20. The molecule has 1 aromatic heterocycles. The lowest BCUT2D eigenvalue weighted by Crippen LogP contribution is -2.30. The largest absolute Gasteiger partial charge is 0.497 e. The van der Waals surface area contributed by atoms with Crippen LogP contribution in [-0.2, 0) is 17.8 Å². The number of rotatable bonds is 7. The van der Waals surface area contributed by atoms with E-state index < -0.39 is 0 Å². The molecule has 0 fully saturated rings. The number of hydrogen-bond acceptors (Lipinski definition) is 4. The summed E-state index contributed by atoms with van der Waals surface area (Å²) < 4.78 is 19.4. The van der Waals surface area contributed by atoms with E-state index in [1.165, 1.54) is 23.5 Å². The lowest BCUT2D eigenvalue weighted by molar-refractivity contribution is -0.118. The SMILES string of the molecule is COc1ccc2nc(N(Cc3ccccc3)C(=O)CCc3ccc(F)cc3)sc2c1. The first-order chi connectivity index (χ1) is 14.6. The summed E-state index contributed by atoms with van der Waals surface area (Å²) in [5, 5.41) is 0.659. The maximum atomic E-state index is 13.2. The van der Waals surface area contributed by atoms with E-state index in [0.29, 0.717) is 24.5 Å². The number of ether oxygens (including phenoxy) is 1. The number of fused-ring (bicyclic) bond motifs is 1. The highest BCUT2D eigenvalue weighted by Crippen LogP contribution is 2.32. The Morgan fingerprint density at radius 1 is 1.03 bits per heavy atom. The summed E-state index contributed by atoms with van der Waals surface area (Å²) in [6.45, 7) is 0.444. The summed E-state index contributed by atoms with van der Waals surface area (Å²) >= 11 is 1.47. The molecule has 152 valence electrons. The minimum atomic E-state index is -0.277. The zero-order chi connectivity index (χ0) is 20.9. The van der Waals surface area contributed by atoms with Crippen LogP contribution in [0.3, 0.4) is 0 Å². The van der Waals surface area contributed by atoms with E-state index in [1.54, 1.807) is 24.1 Å². The molecule has 0 atom stereocenters. The van der Waals surface area contributed by atoms with Crippen molar-refractivity contribution in [2.75, 3.05) is 12.0 Å². The molecule has 0 N–H and O–H groups in total. The van der Waals surface area contributed by atoms with Crippen molar-refractivity contribution in [3.8, 4) is 5.75 Å². The fourth-order valence-corrected chi connectivity index (χ4v) is 4.21. The van der Waals surface area contributed by atoms with Crippen molar-refractivity contribution in [1.82, 2.24) is 4.98 Å². The number of anilines is 1. The van der Waals surface area contributed by atoms with Crippen LogP contribution in [0.25, 0.3) is 10.2 Å². The van der Waals surface area contributed by atoms with Crippen molar-refractivity contribution in [3.63, 3.8) is 0 Å². The predicted octanol–water partition coefficient (Wildman–Crippen LogP) is 5.61. The smallest absolute Gasteiger partial charge is 0.229 e. The highest BCUT2D eigenvalue weighted by atomic mass is 32.1. The van der Waals surface area contributed by atoms with Crippen LogP contribution in [-0.4, -0.2) is 18.0 Å². The summed E-state index contributed by atoms with van der Waals surface area (Å²) in [5.74, 6) is 0.463. The van der Waals surface area contributed by atoms with Crippen LogP contribution < -0.4 is 9.64 Å². The van der Waals surface area contributed by atoms with E-state index in [1.807, 2.05) is 48.5 Å². The molecule has 0 aliphatic carbocycles. The van der Waals surface area contributed by atoms with Crippen molar-refractivity contribution >= 4 is 32.6 Å². The molecule has 0 aliphatic heterocycles. The minimum Gasteiger partial charge on any atom is -0.497 e. The highest BCUT2D eigenvalue weighted by Gasteiger charge is 2.20. The molecule has 4 aromatic rings. The molecule has 1 heterocycles. The Labute approximate surface area is 178 Å². The van der Waals surface area contributed by atoms with Crippen LogP contribution in [0.5, 0.6) is 5.75 Å². The number of aromatic nitrogens is 1. The van der Waals surface area contributed by atoms with Crippen molar-refractivity contribution in [3.05, 3.63) is 89.7 Å². The van der Waals surface area contributed by atoms with Crippen LogP contribution in [0, 0.1) is 5.82 Å². The zero-order valence-corrected chi connectivity index (χ0v) is 17.4. The van der Waals surface area contributed by atoms with Gasteiger partial charge in [-0.25, -0.2) is 9.37 Å². The monoisotopic (exact) mass is 420 g/mol. The number of carbonyl (C=O) groups excluding carboxylic acids is 1. The molecule has 1 amide bonds. The Kier molecular flexibility index (Phi) is 6.05. The van der Waals surface area contributed by atoms with Gasteiger partial charge in [0.15, 0.2) is 5.13 Å². The van der Waals surface area contributed by atoms with Gasteiger partial charge in [-0.1, -0.05) is 53.8 Å². The average Bonchev–Trinajstić information content (AvgIpc) is 3.20. The Morgan fingerprint density at radius 3 is 2.53 bits per heavy atom. The fraction of sp³-hybridized carbons (Fsp3) is 0.167. The van der Waals surface area contributed by atoms with Gasteiger partial charge in [0, 0.05) is 6.42 Å². The van der Waals surface area contributed by atoms with Crippen LogP contribution in [0.2, 0.25) is 0 Å². The number of amides is 1. The molecule has 6 heteroatoms. The Morgan fingerprint density at radius 2 is 1.80 bits per heavy atom. The number of benzene rings is 3. The second-order valence-electron chi connectivity index (χ2n) is 6.92. The van der Waals surface area contributed by atoms with Crippen molar-refractivity contribution in [1.29, 1.82) is 0 Å². The zero-order valence-electron chi connectivity index (χ0n) is 16.5. The van der Waals surface area contributed by atoms with Gasteiger partial charge in [0.05, 0.1) is 23.9 Å². The fourth-order valence-electron chi connectivity index (χ4n) is 3.20. The third kappa shape index (κ3) is 4.66. The number of aryl methyl sites for hydroxylation is 1. The molecule has 0 saturated heterocycles. The van der Waals surface area contributed by atoms with Crippen molar-refractivity contribution < 1.29 is 13.9 Å². The first-order valence-electron chi connectivity index (χ1n) is 9.66. The quantitative estimate of drug-likeness (QED) is 0.390. The van der Waals surface area contributed by atoms with Crippen LogP contribution >= 0.6 is 11.3 Å². The molecule has 30 heavy (non-hydrogen) atoms. The summed E-state index contributed by atoms with van der Waals surface area (Å²) in [6.07, 6.45) is 0.862. The first-order valence-corrected chi connectivity index (χ1v) is 10.5. The molecule has 4 nitrogen and oxygen atoms in total. The van der Waals surface area contributed by atoms with Gasteiger partial charge in [-0.3, -0.25) is 9.69 Å². The lowest BCUT2D eigenvalue weighted by atomic mass is 10.1. The summed E-state index contributed by atoms with van der Waals surface area (Å²) in [4.78, 5) is 19.6. The molecule has 3 aromatic carbocycles. The molecule has 4 rings (SSSR count). The average molecular weight is 421 g/mol. The third-order valence-corrected chi connectivity index (χ3v) is 5.88. The van der Waals surface area contributed by atoms with Gasteiger partial charge in [0.2, 0.25) is 5.91 Å². The number of carbonyl (C=O) groups is 1. The number of thiazole rings is 1. The Bertz CT molecular complexity index is 1140. The molecule has 0 radical (unpaired) electrons.